The highest BCUT2D eigenvalue weighted by Crippen LogP contribution is 2.30. The SMILES string of the molecule is CCOc1ccc(N2C[C@H](CNC(=O)Nc3cccc(C(F)(F)F)c3)CC2=O)cc1. The molecule has 0 saturated carbocycles. The van der Waals surface area contributed by atoms with Gasteiger partial charge in [-0.05, 0) is 49.4 Å². The fourth-order valence-corrected chi connectivity index (χ4v) is 3.24. The molecule has 0 radical (unpaired) electrons. The van der Waals surface area contributed by atoms with Gasteiger partial charge in [0.1, 0.15) is 5.75 Å². The van der Waals surface area contributed by atoms with Crippen molar-refractivity contribution in [3.05, 3.63) is 54.1 Å². The second kappa shape index (κ2) is 9.06. The van der Waals surface area contributed by atoms with Crippen LogP contribution in [0.25, 0.3) is 0 Å². The highest BCUT2D eigenvalue weighted by molar-refractivity contribution is 5.96. The van der Waals surface area contributed by atoms with Gasteiger partial charge in [0.15, 0.2) is 0 Å². The maximum atomic E-state index is 12.8. The molecule has 1 atom stereocenters. The van der Waals surface area contributed by atoms with E-state index in [9.17, 15) is 22.8 Å². The lowest BCUT2D eigenvalue weighted by Gasteiger charge is -2.17. The van der Waals surface area contributed by atoms with Crippen molar-refractivity contribution in [2.24, 2.45) is 5.92 Å². The lowest BCUT2D eigenvalue weighted by molar-refractivity contribution is -0.137. The number of nitrogens with one attached hydrogen (secondary N) is 2. The van der Waals surface area contributed by atoms with E-state index in [0.717, 1.165) is 23.6 Å². The van der Waals surface area contributed by atoms with E-state index in [1.54, 1.807) is 29.2 Å². The van der Waals surface area contributed by atoms with Crippen LogP contribution in [0.5, 0.6) is 5.75 Å². The number of halogens is 3. The van der Waals surface area contributed by atoms with Crippen LogP contribution in [-0.2, 0) is 11.0 Å². The van der Waals surface area contributed by atoms with E-state index in [0.29, 0.717) is 13.2 Å². The Hall–Kier alpha value is -3.23. The molecule has 3 amide bonds. The summed E-state index contributed by atoms with van der Waals surface area (Å²) in [5.74, 6) is 0.568. The topological polar surface area (TPSA) is 70.7 Å². The number of nitrogens with zero attached hydrogens (tertiary/aromatic N) is 1. The Morgan fingerprint density at radius 1 is 1.20 bits per heavy atom. The number of ether oxygens (including phenoxy) is 1. The quantitative estimate of drug-likeness (QED) is 0.732. The van der Waals surface area contributed by atoms with Crippen molar-refractivity contribution in [1.29, 1.82) is 0 Å². The standard InChI is InChI=1S/C21H22F3N3O3/c1-2-30-18-8-6-17(7-9-18)27-13-14(10-19(27)28)12-25-20(29)26-16-5-3-4-15(11-16)21(22,23)24/h3-9,11,14H,2,10,12-13H2,1H3,(H2,25,26,29)/t14-/m0/s1. The lowest BCUT2D eigenvalue weighted by Crippen LogP contribution is -2.34. The van der Waals surface area contributed by atoms with Crippen LogP contribution in [0.15, 0.2) is 48.5 Å². The number of hydrogen-bond acceptors (Lipinski definition) is 3. The molecule has 1 heterocycles. The number of benzene rings is 2. The number of amides is 3. The highest BCUT2D eigenvalue weighted by atomic mass is 19.4. The molecule has 1 fully saturated rings. The van der Waals surface area contributed by atoms with E-state index >= 15 is 0 Å². The maximum Gasteiger partial charge on any atom is 0.416 e. The number of carbonyl (C=O) groups is 2. The number of hydrogen-bond donors (Lipinski definition) is 2. The van der Waals surface area contributed by atoms with E-state index in [4.69, 9.17) is 4.74 Å². The van der Waals surface area contributed by atoms with Crippen molar-refractivity contribution in [3.63, 3.8) is 0 Å². The minimum absolute atomic E-state index is 0.0424. The molecule has 1 aliphatic rings. The summed E-state index contributed by atoms with van der Waals surface area (Å²) in [6, 6.07) is 11.0. The van der Waals surface area contributed by atoms with E-state index in [1.165, 1.54) is 12.1 Å². The average Bonchev–Trinajstić information content (AvgIpc) is 3.07. The minimum atomic E-state index is -4.48. The Morgan fingerprint density at radius 3 is 2.60 bits per heavy atom. The number of anilines is 2. The first-order chi connectivity index (χ1) is 14.3. The molecule has 0 unspecified atom stereocenters. The molecule has 0 bridgehead atoms. The third-order valence-electron chi connectivity index (χ3n) is 4.66. The largest absolute Gasteiger partial charge is 0.494 e. The second-order valence-electron chi connectivity index (χ2n) is 6.91. The van der Waals surface area contributed by atoms with Crippen molar-refractivity contribution in [2.45, 2.75) is 19.5 Å². The van der Waals surface area contributed by atoms with Crippen molar-refractivity contribution < 1.29 is 27.5 Å². The maximum absolute atomic E-state index is 12.8. The summed E-state index contributed by atoms with van der Waals surface area (Å²) < 4.78 is 43.7. The summed E-state index contributed by atoms with van der Waals surface area (Å²) in [4.78, 5) is 26.0. The van der Waals surface area contributed by atoms with E-state index in [2.05, 4.69) is 10.6 Å². The van der Waals surface area contributed by atoms with Gasteiger partial charge < -0.3 is 20.3 Å². The van der Waals surface area contributed by atoms with Gasteiger partial charge in [0.25, 0.3) is 0 Å². The molecule has 2 aromatic carbocycles. The zero-order valence-corrected chi connectivity index (χ0v) is 16.3. The Labute approximate surface area is 172 Å². The van der Waals surface area contributed by atoms with E-state index in [1.807, 2.05) is 6.92 Å². The highest BCUT2D eigenvalue weighted by Gasteiger charge is 2.31. The lowest BCUT2D eigenvalue weighted by atomic mass is 10.1. The molecule has 3 rings (SSSR count). The smallest absolute Gasteiger partial charge is 0.416 e. The predicted octanol–water partition coefficient (Wildman–Crippen LogP) is 4.28. The summed E-state index contributed by atoms with van der Waals surface area (Å²) in [5, 5.41) is 5.01. The van der Waals surface area contributed by atoms with Crippen LogP contribution in [0.4, 0.5) is 29.3 Å². The number of rotatable bonds is 6. The molecule has 2 aromatic rings. The van der Waals surface area contributed by atoms with Crippen LogP contribution < -0.4 is 20.3 Å². The third kappa shape index (κ3) is 5.43. The van der Waals surface area contributed by atoms with Crippen LogP contribution >= 0.6 is 0 Å². The third-order valence-corrected chi connectivity index (χ3v) is 4.66. The first-order valence-electron chi connectivity index (χ1n) is 9.51. The number of urea groups is 1. The molecular formula is C21H22F3N3O3. The normalized spacial score (nSPS) is 16.5. The van der Waals surface area contributed by atoms with Crippen molar-refractivity contribution in [1.82, 2.24) is 5.32 Å². The second-order valence-corrected chi connectivity index (χ2v) is 6.91. The molecule has 30 heavy (non-hydrogen) atoms. The Kier molecular flexibility index (Phi) is 6.49. The van der Waals surface area contributed by atoms with Gasteiger partial charge in [0.05, 0.1) is 12.2 Å². The summed E-state index contributed by atoms with van der Waals surface area (Å²) in [6.45, 7) is 3.11. The summed E-state index contributed by atoms with van der Waals surface area (Å²) in [7, 11) is 0. The van der Waals surface area contributed by atoms with Gasteiger partial charge in [0.2, 0.25) is 5.91 Å². The van der Waals surface area contributed by atoms with Gasteiger partial charge in [-0.1, -0.05) is 6.07 Å². The molecule has 2 N–H and O–H groups in total. The number of alkyl halides is 3. The van der Waals surface area contributed by atoms with Crippen LogP contribution in [0, 0.1) is 5.92 Å². The van der Waals surface area contributed by atoms with Gasteiger partial charge in [-0.25, -0.2) is 4.79 Å². The first-order valence-corrected chi connectivity index (χ1v) is 9.51. The van der Waals surface area contributed by atoms with Crippen molar-refractivity contribution >= 4 is 23.3 Å². The Bertz CT molecular complexity index is 900. The number of carbonyl (C=O) groups excluding carboxylic acids is 2. The van der Waals surface area contributed by atoms with E-state index < -0.39 is 17.8 Å². The van der Waals surface area contributed by atoms with Crippen LogP contribution in [0.1, 0.15) is 18.9 Å². The zero-order valence-electron chi connectivity index (χ0n) is 16.3. The fourth-order valence-electron chi connectivity index (χ4n) is 3.24. The molecule has 9 heteroatoms. The van der Waals surface area contributed by atoms with Crippen molar-refractivity contribution in [2.75, 3.05) is 29.9 Å². The van der Waals surface area contributed by atoms with Gasteiger partial charge in [-0.2, -0.15) is 13.2 Å². The Balaban J connectivity index is 1.52. The minimum Gasteiger partial charge on any atom is -0.494 e. The Morgan fingerprint density at radius 2 is 1.93 bits per heavy atom. The fraction of sp³-hybridized carbons (Fsp3) is 0.333. The monoisotopic (exact) mass is 421 g/mol. The first kappa shape index (κ1) is 21.5. The molecule has 0 spiro atoms. The predicted molar refractivity (Wildman–Crippen MR) is 107 cm³/mol. The van der Waals surface area contributed by atoms with Gasteiger partial charge in [0, 0.05) is 36.8 Å². The van der Waals surface area contributed by atoms with Gasteiger partial charge >= 0.3 is 12.2 Å². The molecule has 1 saturated heterocycles. The molecule has 6 nitrogen and oxygen atoms in total. The molecule has 0 aromatic heterocycles. The van der Waals surface area contributed by atoms with Crippen LogP contribution in [0.3, 0.4) is 0 Å². The van der Waals surface area contributed by atoms with Gasteiger partial charge in [-0.15, -0.1) is 0 Å². The summed E-state index contributed by atoms with van der Waals surface area (Å²) >= 11 is 0. The zero-order chi connectivity index (χ0) is 21.7. The van der Waals surface area contributed by atoms with Crippen LogP contribution in [-0.4, -0.2) is 31.6 Å². The van der Waals surface area contributed by atoms with Crippen molar-refractivity contribution in [3.8, 4) is 5.75 Å². The average molecular weight is 421 g/mol. The molecule has 0 aliphatic carbocycles. The van der Waals surface area contributed by atoms with E-state index in [-0.39, 0.29) is 30.5 Å². The summed E-state index contributed by atoms with van der Waals surface area (Å²) in [6.07, 6.45) is -4.21. The summed E-state index contributed by atoms with van der Waals surface area (Å²) in [5.41, 5.74) is -0.0482. The molecule has 160 valence electrons. The molecular weight excluding hydrogens is 399 g/mol. The molecule has 1 aliphatic heterocycles. The van der Waals surface area contributed by atoms with Gasteiger partial charge in [-0.3, -0.25) is 4.79 Å². The van der Waals surface area contributed by atoms with Crippen LogP contribution in [0.2, 0.25) is 0 Å².